The molecule has 0 aromatic heterocycles. The van der Waals surface area contributed by atoms with E-state index in [0.717, 1.165) is 11.3 Å². The van der Waals surface area contributed by atoms with E-state index in [1.807, 2.05) is 38.1 Å². The number of hydrogen-bond donors (Lipinski definition) is 2. The molecule has 35 heavy (non-hydrogen) atoms. The summed E-state index contributed by atoms with van der Waals surface area (Å²) in [6.45, 7) is 7.61. The Labute approximate surface area is 210 Å². The minimum absolute atomic E-state index is 0.00226. The molecule has 184 valence electrons. The molecule has 7 heteroatoms. The fraction of sp³-hybridized carbons (Fsp3) is 0.357. The number of nitrogens with one attached hydrogen (secondary N) is 1. The molecule has 0 unspecified atom stereocenters. The molecule has 0 saturated heterocycles. The Balaban J connectivity index is 1.81. The summed E-state index contributed by atoms with van der Waals surface area (Å²) in [5.41, 5.74) is 4.13. The molecule has 1 aliphatic heterocycles. The van der Waals surface area contributed by atoms with Crippen LogP contribution in [-0.4, -0.2) is 29.6 Å². The smallest absolute Gasteiger partial charge is 0.337 e. The predicted molar refractivity (Wildman–Crippen MR) is 135 cm³/mol. The van der Waals surface area contributed by atoms with Crippen LogP contribution in [0.3, 0.4) is 0 Å². The Morgan fingerprint density at radius 1 is 1.14 bits per heavy atom. The van der Waals surface area contributed by atoms with E-state index < -0.39 is 11.9 Å². The number of allylic oxidation sites excluding steroid dienone is 3. The van der Waals surface area contributed by atoms with Crippen molar-refractivity contribution in [2.75, 3.05) is 6.61 Å². The van der Waals surface area contributed by atoms with E-state index in [1.54, 1.807) is 26.0 Å². The molecule has 6 nitrogen and oxygen atoms in total. The number of carbonyl (C=O) groups is 2. The molecule has 2 atom stereocenters. The van der Waals surface area contributed by atoms with E-state index in [-0.39, 0.29) is 23.6 Å². The Hall–Kier alpha value is -3.25. The Bertz CT molecular complexity index is 1210. The molecule has 0 amide bonds. The predicted octanol–water partition coefficient (Wildman–Crippen LogP) is 5.76. The van der Waals surface area contributed by atoms with Crippen LogP contribution in [0, 0.1) is 0 Å². The van der Waals surface area contributed by atoms with Crippen LogP contribution in [0.15, 0.2) is 65.0 Å². The Morgan fingerprint density at radius 3 is 2.49 bits per heavy atom. The third-order valence-electron chi connectivity index (χ3n) is 6.35. The zero-order valence-corrected chi connectivity index (χ0v) is 21.1. The van der Waals surface area contributed by atoms with Crippen molar-refractivity contribution in [1.82, 2.24) is 5.32 Å². The highest BCUT2D eigenvalue weighted by atomic mass is 35.5. The van der Waals surface area contributed by atoms with E-state index in [0.29, 0.717) is 52.6 Å². The highest BCUT2D eigenvalue weighted by Crippen LogP contribution is 2.47. The first-order chi connectivity index (χ1) is 16.7. The summed E-state index contributed by atoms with van der Waals surface area (Å²) < 4.78 is 11.2. The number of Topliss-reactive ketones (excluding diaryl/α,β-unsaturated/α-hetero) is 1. The number of phenols is 1. The number of aromatic hydroxyl groups is 1. The van der Waals surface area contributed by atoms with E-state index in [1.165, 1.54) is 6.07 Å². The molecule has 2 aromatic carbocycles. The largest absolute Gasteiger partial charge is 0.504 e. The molecule has 1 heterocycles. The molecular weight excluding hydrogens is 466 g/mol. The van der Waals surface area contributed by atoms with Gasteiger partial charge in [-0.25, -0.2) is 4.79 Å². The van der Waals surface area contributed by atoms with Gasteiger partial charge in [0.2, 0.25) is 0 Å². The van der Waals surface area contributed by atoms with E-state index in [4.69, 9.17) is 21.1 Å². The maximum absolute atomic E-state index is 13.7. The lowest BCUT2D eigenvalue weighted by Crippen LogP contribution is -2.36. The molecule has 0 spiro atoms. The lowest BCUT2D eigenvalue weighted by atomic mass is 9.71. The van der Waals surface area contributed by atoms with Gasteiger partial charge in [0.25, 0.3) is 0 Å². The fourth-order valence-electron chi connectivity index (χ4n) is 4.87. The van der Waals surface area contributed by atoms with Gasteiger partial charge < -0.3 is 19.9 Å². The van der Waals surface area contributed by atoms with Crippen LogP contribution in [0.1, 0.15) is 63.5 Å². The normalized spacial score (nSPS) is 20.0. The number of benzene rings is 2. The molecule has 2 N–H and O–H groups in total. The van der Waals surface area contributed by atoms with Crippen LogP contribution < -0.4 is 10.1 Å². The second kappa shape index (κ2) is 10.2. The van der Waals surface area contributed by atoms with Gasteiger partial charge in [0.1, 0.15) is 0 Å². The summed E-state index contributed by atoms with van der Waals surface area (Å²) in [4.78, 5) is 26.9. The van der Waals surface area contributed by atoms with Gasteiger partial charge in [-0.15, -0.1) is 0 Å². The monoisotopic (exact) mass is 495 g/mol. The lowest BCUT2D eigenvalue weighted by molar-refractivity contribution is -0.143. The van der Waals surface area contributed by atoms with Crippen molar-refractivity contribution in [3.8, 4) is 11.5 Å². The molecule has 2 aliphatic rings. The van der Waals surface area contributed by atoms with Crippen LogP contribution in [0.5, 0.6) is 11.5 Å². The first kappa shape index (κ1) is 24.9. The van der Waals surface area contributed by atoms with Gasteiger partial charge in [-0.1, -0.05) is 29.8 Å². The number of esters is 1. The standard InChI is InChI=1S/C28H30ClNO5/c1-5-34-24-14-18(8-11-22(24)31)26-25(28(33)35-15(2)3)16(4)30-21-12-19(13-23(32)27(21)26)17-6-9-20(29)10-7-17/h6-11,14-15,19,26,30-31H,5,12-13H2,1-4H3/t19-,26-/m0/s1. The highest BCUT2D eigenvalue weighted by molar-refractivity contribution is 6.30. The number of ether oxygens (including phenoxy) is 2. The maximum Gasteiger partial charge on any atom is 0.337 e. The molecule has 1 aliphatic carbocycles. The quantitative estimate of drug-likeness (QED) is 0.496. The fourth-order valence-corrected chi connectivity index (χ4v) is 5.00. The molecule has 0 radical (unpaired) electrons. The Morgan fingerprint density at radius 2 is 1.83 bits per heavy atom. The average Bonchev–Trinajstić information content (AvgIpc) is 2.79. The third-order valence-corrected chi connectivity index (χ3v) is 6.60. The molecule has 0 bridgehead atoms. The second-order valence-electron chi connectivity index (χ2n) is 9.18. The van der Waals surface area contributed by atoms with Gasteiger partial charge in [-0.05, 0) is 75.4 Å². The molecule has 0 saturated carbocycles. The van der Waals surface area contributed by atoms with Gasteiger partial charge in [-0.2, -0.15) is 0 Å². The van der Waals surface area contributed by atoms with Crippen molar-refractivity contribution in [3.63, 3.8) is 0 Å². The van der Waals surface area contributed by atoms with Gasteiger partial charge in [0, 0.05) is 34.3 Å². The van der Waals surface area contributed by atoms with Crippen LogP contribution >= 0.6 is 11.6 Å². The number of ketones is 1. The van der Waals surface area contributed by atoms with Crippen molar-refractivity contribution in [3.05, 3.63) is 81.2 Å². The SMILES string of the molecule is CCOc1cc([C@H]2C(C(=O)OC(C)C)=C(C)NC3=C2C(=O)C[C@@H](c2ccc(Cl)cc2)C3)ccc1O. The number of hydrogen-bond acceptors (Lipinski definition) is 6. The van der Waals surface area contributed by atoms with Crippen molar-refractivity contribution >= 4 is 23.4 Å². The van der Waals surface area contributed by atoms with E-state index >= 15 is 0 Å². The summed E-state index contributed by atoms with van der Waals surface area (Å²) in [6.07, 6.45) is 0.633. The summed E-state index contributed by atoms with van der Waals surface area (Å²) in [5, 5.41) is 14.2. The van der Waals surface area contributed by atoms with Crippen molar-refractivity contribution < 1.29 is 24.2 Å². The van der Waals surface area contributed by atoms with Crippen molar-refractivity contribution in [2.45, 2.75) is 58.5 Å². The van der Waals surface area contributed by atoms with Crippen LogP contribution in [0.25, 0.3) is 0 Å². The van der Waals surface area contributed by atoms with E-state index in [9.17, 15) is 14.7 Å². The minimum atomic E-state index is -0.629. The zero-order chi connectivity index (χ0) is 25.3. The summed E-state index contributed by atoms with van der Waals surface area (Å²) in [6, 6.07) is 12.5. The minimum Gasteiger partial charge on any atom is -0.504 e. The van der Waals surface area contributed by atoms with Crippen LogP contribution in [0.4, 0.5) is 0 Å². The van der Waals surface area contributed by atoms with Crippen LogP contribution in [-0.2, 0) is 14.3 Å². The van der Waals surface area contributed by atoms with Gasteiger partial charge in [0.05, 0.1) is 18.3 Å². The third kappa shape index (κ3) is 5.08. The maximum atomic E-state index is 13.7. The summed E-state index contributed by atoms with van der Waals surface area (Å²) >= 11 is 6.06. The first-order valence-corrected chi connectivity index (χ1v) is 12.2. The summed E-state index contributed by atoms with van der Waals surface area (Å²) in [7, 11) is 0. The second-order valence-corrected chi connectivity index (χ2v) is 9.62. The number of dihydropyridines is 1. The van der Waals surface area contributed by atoms with Gasteiger partial charge >= 0.3 is 5.97 Å². The highest BCUT2D eigenvalue weighted by Gasteiger charge is 2.41. The molecular formula is C28H30ClNO5. The van der Waals surface area contributed by atoms with Gasteiger partial charge in [0.15, 0.2) is 17.3 Å². The van der Waals surface area contributed by atoms with Crippen molar-refractivity contribution in [2.24, 2.45) is 0 Å². The lowest BCUT2D eigenvalue weighted by Gasteiger charge is -2.37. The van der Waals surface area contributed by atoms with E-state index in [2.05, 4.69) is 5.32 Å². The first-order valence-electron chi connectivity index (χ1n) is 11.9. The number of halogens is 1. The topological polar surface area (TPSA) is 84.9 Å². The number of rotatable bonds is 6. The summed E-state index contributed by atoms with van der Waals surface area (Å²) in [5.74, 6) is -0.818. The Kier molecular flexibility index (Phi) is 7.22. The number of phenolic OH excluding ortho intramolecular Hbond substituents is 1. The van der Waals surface area contributed by atoms with Gasteiger partial charge in [-0.3, -0.25) is 4.79 Å². The molecule has 0 fully saturated rings. The molecule has 2 aromatic rings. The zero-order valence-electron chi connectivity index (χ0n) is 20.4. The number of carbonyl (C=O) groups excluding carboxylic acids is 2. The molecule has 4 rings (SSSR count). The average molecular weight is 496 g/mol. The van der Waals surface area contributed by atoms with Crippen LogP contribution in [0.2, 0.25) is 5.02 Å². The van der Waals surface area contributed by atoms with Crippen molar-refractivity contribution in [1.29, 1.82) is 0 Å².